The minimum Gasteiger partial charge on any atom is -0.349 e. The zero-order valence-corrected chi connectivity index (χ0v) is 18.7. The predicted molar refractivity (Wildman–Crippen MR) is 120 cm³/mol. The van der Waals surface area contributed by atoms with Gasteiger partial charge in [-0.1, -0.05) is 41.7 Å². The Labute approximate surface area is 185 Å². The monoisotopic (exact) mass is 440 g/mol. The summed E-state index contributed by atoms with van der Waals surface area (Å²) in [6.07, 6.45) is 0.843. The van der Waals surface area contributed by atoms with Crippen LogP contribution in [0, 0.1) is 5.82 Å². The van der Waals surface area contributed by atoms with Gasteiger partial charge in [0.25, 0.3) is 5.91 Å². The van der Waals surface area contributed by atoms with E-state index in [0.29, 0.717) is 5.56 Å². The molecule has 0 aliphatic carbocycles. The molecule has 1 atom stereocenters. The summed E-state index contributed by atoms with van der Waals surface area (Å²) < 4.78 is 17.9. The van der Waals surface area contributed by atoms with Crippen molar-refractivity contribution in [1.29, 1.82) is 0 Å². The van der Waals surface area contributed by atoms with Crippen LogP contribution in [0.1, 0.15) is 55.4 Å². The molecule has 1 heterocycles. The Balaban J connectivity index is 2.17. The van der Waals surface area contributed by atoms with Crippen LogP contribution >= 0.6 is 11.5 Å². The minimum absolute atomic E-state index is 0.0907. The van der Waals surface area contributed by atoms with Crippen molar-refractivity contribution in [2.24, 2.45) is 0 Å². The number of aromatic nitrogens is 2. The Morgan fingerprint density at radius 1 is 1.16 bits per heavy atom. The van der Waals surface area contributed by atoms with Crippen LogP contribution < -0.4 is 10.2 Å². The Morgan fingerprint density at radius 2 is 1.87 bits per heavy atom. The summed E-state index contributed by atoms with van der Waals surface area (Å²) in [4.78, 5) is 28.2. The number of hydrogen-bond acceptors (Lipinski definition) is 5. The van der Waals surface area contributed by atoms with E-state index in [1.165, 1.54) is 28.5 Å². The lowest BCUT2D eigenvalue weighted by Gasteiger charge is -2.33. The quantitative estimate of drug-likeness (QED) is 0.611. The van der Waals surface area contributed by atoms with Crippen molar-refractivity contribution in [2.45, 2.75) is 45.7 Å². The molecule has 1 N–H and O–H groups in total. The Kier molecular flexibility index (Phi) is 6.80. The fraction of sp³-hybridized carbons (Fsp3) is 0.304. The highest BCUT2D eigenvalue weighted by Gasteiger charge is 2.36. The lowest BCUT2D eigenvalue weighted by molar-refractivity contribution is -0.123. The van der Waals surface area contributed by atoms with Gasteiger partial charge in [-0.05, 0) is 68.1 Å². The summed E-state index contributed by atoms with van der Waals surface area (Å²) >= 11 is 1.03. The molecule has 0 aliphatic rings. The number of anilines is 1. The van der Waals surface area contributed by atoms with Gasteiger partial charge in [0.2, 0.25) is 5.91 Å². The summed E-state index contributed by atoms with van der Waals surface area (Å²) in [5, 5.41) is 8.33. The Hall–Kier alpha value is -3.13. The third-order valence-electron chi connectivity index (χ3n) is 4.59. The maximum absolute atomic E-state index is 14.1. The molecule has 31 heavy (non-hydrogen) atoms. The Morgan fingerprint density at radius 3 is 2.42 bits per heavy atom. The lowest BCUT2D eigenvalue weighted by Crippen LogP contribution is -2.49. The number of hydrogen-bond donors (Lipinski definition) is 1. The van der Waals surface area contributed by atoms with Crippen molar-refractivity contribution in [2.75, 3.05) is 4.90 Å². The maximum atomic E-state index is 14.1. The maximum Gasteiger partial charge on any atom is 0.280 e. The molecule has 0 bridgehead atoms. The highest BCUT2D eigenvalue weighted by molar-refractivity contribution is 7.03. The fourth-order valence-electron chi connectivity index (χ4n) is 3.18. The average Bonchev–Trinajstić information content (AvgIpc) is 3.25. The molecule has 162 valence electrons. The zero-order chi connectivity index (χ0) is 22.6. The zero-order valence-electron chi connectivity index (χ0n) is 17.9. The van der Waals surface area contributed by atoms with Gasteiger partial charge >= 0.3 is 0 Å². The van der Waals surface area contributed by atoms with Crippen molar-refractivity contribution in [3.63, 3.8) is 0 Å². The molecule has 0 unspecified atom stereocenters. The molecule has 0 aliphatic heterocycles. The summed E-state index contributed by atoms with van der Waals surface area (Å²) in [7, 11) is 0. The molecule has 0 spiro atoms. The number of nitrogens with one attached hydrogen (secondary N) is 1. The van der Waals surface area contributed by atoms with Gasteiger partial charge in [0, 0.05) is 16.6 Å². The van der Waals surface area contributed by atoms with Gasteiger partial charge < -0.3 is 5.32 Å². The fourth-order valence-corrected chi connectivity index (χ4v) is 3.61. The molecule has 2 amide bonds. The number of rotatable bonds is 6. The highest BCUT2D eigenvalue weighted by atomic mass is 32.1. The smallest absolute Gasteiger partial charge is 0.280 e. The van der Waals surface area contributed by atoms with Gasteiger partial charge in [0.1, 0.15) is 11.9 Å². The van der Waals surface area contributed by atoms with Crippen molar-refractivity contribution < 1.29 is 14.0 Å². The second-order valence-electron chi connectivity index (χ2n) is 8.18. The van der Waals surface area contributed by atoms with E-state index in [0.717, 1.165) is 23.5 Å². The molecular weight excluding hydrogens is 415 g/mol. The van der Waals surface area contributed by atoms with Gasteiger partial charge in [-0.25, -0.2) is 4.39 Å². The van der Waals surface area contributed by atoms with E-state index in [1.807, 2.05) is 52.0 Å². The van der Waals surface area contributed by atoms with E-state index in [1.54, 1.807) is 6.07 Å². The molecule has 0 fully saturated rings. The van der Waals surface area contributed by atoms with E-state index >= 15 is 0 Å². The number of nitrogens with zero attached hydrogens (tertiary/aromatic N) is 3. The van der Waals surface area contributed by atoms with Gasteiger partial charge in [0.05, 0.1) is 0 Å². The molecule has 0 saturated heterocycles. The number of benzene rings is 2. The average molecular weight is 441 g/mol. The number of aryl methyl sites for hydroxylation is 1. The van der Waals surface area contributed by atoms with Crippen LogP contribution in [0.25, 0.3) is 0 Å². The minimum atomic E-state index is -1.03. The van der Waals surface area contributed by atoms with E-state index in [9.17, 15) is 14.0 Å². The molecule has 2 aromatic carbocycles. The van der Waals surface area contributed by atoms with Crippen LogP contribution in [0.4, 0.5) is 10.1 Å². The molecule has 1 aromatic heterocycles. The van der Waals surface area contributed by atoms with Gasteiger partial charge in [0.15, 0.2) is 5.69 Å². The van der Waals surface area contributed by atoms with Gasteiger partial charge in [-0.15, -0.1) is 5.10 Å². The van der Waals surface area contributed by atoms with Crippen LogP contribution in [0.5, 0.6) is 0 Å². The summed E-state index contributed by atoms with van der Waals surface area (Å²) in [6.45, 7) is 7.62. The van der Waals surface area contributed by atoms with E-state index in [4.69, 9.17) is 0 Å². The van der Waals surface area contributed by atoms with E-state index in [-0.39, 0.29) is 17.3 Å². The first-order valence-corrected chi connectivity index (χ1v) is 10.8. The number of carbonyl (C=O) groups is 2. The largest absolute Gasteiger partial charge is 0.349 e. The Bertz CT molecular complexity index is 1050. The van der Waals surface area contributed by atoms with Crippen LogP contribution in [-0.2, 0) is 11.2 Å². The van der Waals surface area contributed by atoms with Crippen LogP contribution in [-0.4, -0.2) is 26.9 Å². The number of carbonyl (C=O) groups excluding carboxylic acids is 2. The molecule has 3 aromatic rings. The third-order valence-corrected chi connectivity index (χ3v) is 5.10. The normalized spacial score (nSPS) is 12.3. The van der Waals surface area contributed by atoms with Crippen LogP contribution in [0.15, 0.2) is 53.9 Å². The first kappa shape index (κ1) is 22.6. The molecule has 0 radical (unpaired) electrons. The third kappa shape index (κ3) is 5.52. The van der Waals surface area contributed by atoms with Gasteiger partial charge in [-0.3, -0.25) is 14.5 Å². The topological polar surface area (TPSA) is 75.2 Å². The molecule has 3 rings (SSSR count). The molecular formula is C23H25FN4O2S. The lowest BCUT2D eigenvalue weighted by atomic mass is 9.99. The van der Waals surface area contributed by atoms with Crippen molar-refractivity contribution in [1.82, 2.24) is 14.9 Å². The first-order valence-electron chi connectivity index (χ1n) is 9.96. The number of halogens is 1. The predicted octanol–water partition coefficient (Wildman–Crippen LogP) is 4.54. The SMILES string of the molecule is CCc1ccc([C@@H](C(=O)NC(C)(C)C)N(C(=O)c2csnn2)c2cccc(F)c2)cc1. The van der Waals surface area contributed by atoms with E-state index < -0.39 is 23.3 Å². The standard InChI is InChI=1S/C23H25FN4O2S/c1-5-15-9-11-16(12-10-15)20(21(29)25-23(2,3)4)28(18-8-6-7-17(24)13-18)22(30)19-14-31-27-26-19/h6-14,20H,5H2,1-4H3,(H,25,29)/t20-/m0/s1. The summed E-state index contributed by atoms with van der Waals surface area (Å²) in [6, 6.07) is 12.1. The van der Waals surface area contributed by atoms with Gasteiger partial charge in [-0.2, -0.15) is 0 Å². The van der Waals surface area contributed by atoms with Crippen molar-refractivity contribution in [3.8, 4) is 0 Å². The van der Waals surface area contributed by atoms with Crippen LogP contribution in [0.3, 0.4) is 0 Å². The second-order valence-corrected chi connectivity index (χ2v) is 8.79. The molecule has 0 saturated carbocycles. The van der Waals surface area contributed by atoms with Crippen LogP contribution in [0.2, 0.25) is 0 Å². The highest BCUT2D eigenvalue weighted by Crippen LogP contribution is 2.31. The second kappa shape index (κ2) is 9.34. The van der Waals surface area contributed by atoms with Crippen molar-refractivity contribution >= 4 is 29.0 Å². The molecule has 8 heteroatoms. The summed E-state index contributed by atoms with van der Waals surface area (Å²) in [5.74, 6) is -1.42. The van der Waals surface area contributed by atoms with E-state index in [2.05, 4.69) is 14.9 Å². The molecule has 6 nitrogen and oxygen atoms in total. The number of amides is 2. The van der Waals surface area contributed by atoms with Crippen molar-refractivity contribution in [3.05, 3.63) is 76.5 Å². The summed E-state index contributed by atoms with van der Waals surface area (Å²) in [5.41, 5.74) is 1.53. The first-order chi connectivity index (χ1) is 14.7.